The zero-order chi connectivity index (χ0) is 24.7. The van der Waals surface area contributed by atoms with Gasteiger partial charge in [0.05, 0.1) is 10.4 Å². The molecular formula is C26H27NO4S3. The molecule has 0 N–H and O–H groups in total. The second-order valence-corrected chi connectivity index (χ2v) is 13.2. The number of nitrogens with zero attached hydrogens (tertiary/aromatic N) is 1. The van der Waals surface area contributed by atoms with Crippen molar-refractivity contribution in [1.29, 1.82) is 0 Å². The molecule has 0 aliphatic rings. The molecule has 0 amide bonds. The van der Waals surface area contributed by atoms with Crippen molar-refractivity contribution in [3.63, 3.8) is 0 Å². The van der Waals surface area contributed by atoms with Crippen LogP contribution in [0.1, 0.15) is 26.5 Å². The minimum absolute atomic E-state index is 0.112. The first-order valence-electron chi connectivity index (χ1n) is 10.8. The van der Waals surface area contributed by atoms with Gasteiger partial charge in [0.2, 0.25) is 0 Å². The molecule has 0 radical (unpaired) electrons. The molecule has 4 rings (SSSR count). The third-order valence-corrected chi connectivity index (χ3v) is 8.50. The zero-order valence-electron chi connectivity index (χ0n) is 19.8. The molecular weight excluding hydrogens is 486 g/mol. The van der Waals surface area contributed by atoms with E-state index in [1.807, 2.05) is 62.6 Å². The first-order valence-corrected chi connectivity index (χ1v) is 14.4. The molecule has 2 heterocycles. The van der Waals surface area contributed by atoms with Gasteiger partial charge in [0.25, 0.3) is 0 Å². The number of benzene rings is 2. The first-order chi connectivity index (χ1) is 15.9. The van der Waals surface area contributed by atoms with E-state index in [2.05, 4.69) is 17.5 Å². The summed E-state index contributed by atoms with van der Waals surface area (Å²) >= 11 is 3.24. The number of rotatable bonds is 6. The summed E-state index contributed by atoms with van der Waals surface area (Å²) in [6, 6.07) is 17.2. The maximum Gasteiger partial charge on any atom is 0.326 e. The summed E-state index contributed by atoms with van der Waals surface area (Å²) in [4.78, 5) is 16.1. The Bertz CT molecular complexity index is 1440. The predicted molar refractivity (Wildman–Crippen MR) is 140 cm³/mol. The van der Waals surface area contributed by atoms with Crippen LogP contribution in [-0.4, -0.2) is 30.8 Å². The molecule has 5 nitrogen and oxygen atoms in total. The van der Waals surface area contributed by atoms with E-state index in [0.717, 1.165) is 36.8 Å². The second kappa shape index (κ2) is 9.24. The number of carbonyl (C=O) groups is 1. The van der Waals surface area contributed by atoms with Crippen molar-refractivity contribution in [1.82, 2.24) is 4.57 Å². The van der Waals surface area contributed by atoms with Crippen molar-refractivity contribution >= 4 is 49.8 Å². The Balaban J connectivity index is 1.84. The van der Waals surface area contributed by atoms with Crippen molar-refractivity contribution in [2.45, 2.75) is 54.5 Å². The van der Waals surface area contributed by atoms with E-state index in [-0.39, 0.29) is 12.5 Å². The van der Waals surface area contributed by atoms with E-state index in [0.29, 0.717) is 4.90 Å². The van der Waals surface area contributed by atoms with E-state index >= 15 is 0 Å². The van der Waals surface area contributed by atoms with Gasteiger partial charge in [-0.3, -0.25) is 4.79 Å². The number of fused-ring (bicyclic) bond motifs is 1. The molecule has 0 aliphatic heterocycles. The average Bonchev–Trinajstić information content (AvgIpc) is 3.36. The summed E-state index contributed by atoms with van der Waals surface area (Å²) in [5.41, 5.74) is 2.47. The van der Waals surface area contributed by atoms with Crippen LogP contribution in [0.3, 0.4) is 0 Å². The van der Waals surface area contributed by atoms with E-state index in [1.165, 1.54) is 6.26 Å². The fourth-order valence-corrected chi connectivity index (χ4v) is 6.30. The molecule has 0 bridgehead atoms. The van der Waals surface area contributed by atoms with E-state index in [4.69, 9.17) is 4.74 Å². The quantitative estimate of drug-likeness (QED) is 0.273. The highest BCUT2D eigenvalue weighted by molar-refractivity contribution is 7.99. The normalized spacial score (nSPS) is 12.3. The molecule has 0 atom stereocenters. The Morgan fingerprint density at radius 1 is 1.06 bits per heavy atom. The Labute approximate surface area is 208 Å². The highest BCUT2D eigenvalue weighted by Crippen LogP contribution is 2.43. The Kier molecular flexibility index (Phi) is 6.68. The fourth-order valence-electron chi connectivity index (χ4n) is 3.83. The minimum Gasteiger partial charge on any atom is -0.459 e. The van der Waals surface area contributed by atoms with Crippen molar-refractivity contribution in [3.8, 4) is 10.4 Å². The number of thiophene rings is 1. The molecule has 0 saturated carbocycles. The number of hydrogen-bond donors (Lipinski definition) is 0. The molecule has 4 aromatic rings. The summed E-state index contributed by atoms with van der Waals surface area (Å²) in [5, 5.41) is 3.12. The Morgan fingerprint density at radius 2 is 1.76 bits per heavy atom. The standard InChI is InChI=1S/C26H27NO4S3/c1-17-25(33-18-11-13-19(14-12-18)34(5,29)30)24-20(22-10-7-15-32-22)8-6-9-21(24)27(17)16-23(28)31-26(2,3)4/h6-15H,16H2,1-5H3. The largest absolute Gasteiger partial charge is 0.459 e. The maximum atomic E-state index is 12.7. The number of hydrogen-bond acceptors (Lipinski definition) is 6. The number of aromatic nitrogens is 1. The molecule has 0 fully saturated rings. The molecule has 2 aromatic carbocycles. The topological polar surface area (TPSA) is 65.4 Å². The fraction of sp³-hybridized carbons (Fsp3) is 0.269. The van der Waals surface area contributed by atoms with Crippen molar-refractivity contribution < 1.29 is 17.9 Å². The summed E-state index contributed by atoms with van der Waals surface area (Å²) in [7, 11) is -3.26. The number of sulfone groups is 1. The van der Waals surface area contributed by atoms with Gasteiger partial charge in [0.15, 0.2) is 9.84 Å². The van der Waals surface area contributed by atoms with Crippen molar-refractivity contribution in [2.75, 3.05) is 6.26 Å². The minimum atomic E-state index is -3.26. The van der Waals surface area contributed by atoms with Gasteiger partial charge in [-0.1, -0.05) is 30.0 Å². The number of carbonyl (C=O) groups excluding carboxylic acids is 1. The monoisotopic (exact) mass is 513 g/mol. The summed E-state index contributed by atoms with van der Waals surface area (Å²) in [6.07, 6.45) is 1.21. The SMILES string of the molecule is Cc1c(Sc2ccc(S(C)(=O)=O)cc2)c2c(-c3cccs3)cccc2n1CC(=O)OC(C)(C)C. The third-order valence-electron chi connectivity index (χ3n) is 5.26. The average molecular weight is 514 g/mol. The molecule has 2 aromatic heterocycles. The van der Waals surface area contributed by atoms with Crippen LogP contribution in [0, 0.1) is 6.92 Å². The van der Waals surface area contributed by atoms with E-state index in [9.17, 15) is 13.2 Å². The van der Waals surface area contributed by atoms with Gasteiger partial charge in [-0.05, 0) is 69.5 Å². The molecule has 34 heavy (non-hydrogen) atoms. The van der Waals surface area contributed by atoms with Crippen molar-refractivity contribution in [3.05, 3.63) is 65.7 Å². The van der Waals surface area contributed by atoms with Crippen LogP contribution in [0.15, 0.2) is 74.7 Å². The Hall–Kier alpha value is -2.55. The third kappa shape index (κ3) is 5.24. The van der Waals surface area contributed by atoms with Gasteiger partial charge in [0.1, 0.15) is 12.1 Å². The predicted octanol–water partition coefficient (Wildman–Crippen LogP) is 6.57. The van der Waals surface area contributed by atoms with Gasteiger partial charge in [0, 0.05) is 37.6 Å². The first kappa shape index (κ1) is 24.6. The molecule has 0 unspecified atom stereocenters. The Morgan fingerprint density at radius 3 is 2.35 bits per heavy atom. The summed E-state index contributed by atoms with van der Waals surface area (Å²) in [6.45, 7) is 7.71. The summed E-state index contributed by atoms with van der Waals surface area (Å²) < 4.78 is 31.3. The van der Waals surface area contributed by atoms with Gasteiger partial charge in [-0.25, -0.2) is 8.42 Å². The molecule has 0 aliphatic carbocycles. The van der Waals surface area contributed by atoms with Gasteiger partial charge in [-0.15, -0.1) is 11.3 Å². The summed E-state index contributed by atoms with van der Waals surface area (Å²) in [5.74, 6) is -0.289. The molecule has 178 valence electrons. The van der Waals surface area contributed by atoms with Gasteiger partial charge < -0.3 is 9.30 Å². The highest BCUT2D eigenvalue weighted by atomic mass is 32.2. The van der Waals surface area contributed by atoms with Crippen LogP contribution in [-0.2, 0) is 25.9 Å². The second-order valence-electron chi connectivity index (χ2n) is 9.11. The maximum absolute atomic E-state index is 12.7. The zero-order valence-corrected chi connectivity index (χ0v) is 22.2. The lowest BCUT2D eigenvalue weighted by atomic mass is 10.1. The van der Waals surface area contributed by atoms with Crippen LogP contribution in [0.4, 0.5) is 0 Å². The molecule has 0 spiro atoms. The van der Waals surface area contributed by atoms with Gasteiger partial charge >= 0.3 is 5.97 Å². The molecule has 0 saturated heterocycles. The highest BCUT2D eigenvalue weighted by Gasteiger charge is 2.23. The van der Waals surface area contributed by atoms with Crippen LogP contribution >= 0.6 is 23.1 Å². The van der Waals surface area contributed by atoms with Crippen LogP contribution in [0.2, 0.25) is 0 Å². The lowest BCUT2D eigenvalue weighted by Gasteiger charge is -2.20. The molecule has 8 heteroatoms. The lowest BCUT2D eigenvalue weighted by Crippen LogP contribution is -2.26. The van der Waals surface area contributed by atoms with Gasteiger partial charge in [-0.2, -0.15) is 0 Å². The van der Waals surface area contributed by atoms with Crippen molar-refractivity contribution in [2.24, 2.45) is 0 Å². The smallest absolute Gasteiger partial charge is 0.326 e. The van der Waals surface area contributed by atoms with E-state index < -0.39 is 15.4 Å². The lowest BCUT2D eigenvalue weighted by molar-refractivity contribution is -0.155. The van der Waals surface area contributed by atoms with E-state index in [1.54, 1.807) is 35.2 Å². The van der Waals surface area contributed by atoms with Crippen LogP contribution < -0.4 is 0 Å². The van der Waals surface area contributed by atoms with Crippen LogP contribution in [0.5, 0.6) is 0 Å². The number of ether oxygens (including phenoxy) is 1. The van der Waals surface area contributed by atoms with Crippen LogP contribution in [0.25, 0.3) is 21.3 Å². The number of esters is 1.